The van der Waals surface area contributed by atoms with E-state index >= 15 is 0 Å². The van der Waals surface area contributed by atoms with Crippen molar-refractivity contribution >= 4 is 40.6 Å². The normalized spacial score (nSPS) is 17.7. The van der Waals surface area contributed by atoms with Gasteiger partial charge in [0, 0.05) is 67.8 Å². The third-order valence-electron chi connectivity index (χ3n) is 7.70. The predicted octanol–water partition coefficient (Wildman–Crippen LogP) is 5.90. The van der Waals surface area contributed by atoms with Gasteiger partial charge in [-0.15, -0.1) is 0 Å². The van der Waals surface area contributed by atoms with Gasteiger partial charge in [-0.05, 0) is 23.7 Å². The number of hydrogen-bond donors (Lipinski definition) is 1. The van der Waals surface area contributed by atoms with Gasteiger partial charge in [0.2, 0.25) is 0 Å². The van der Waals surface area contributed by atoms with Gasteiger partial charge in [0.05, 0.1) is 48.4 Å². The van der Waals surface area contributed by atoms with Crippen molar-refractivity contribution in [3.05, 3.63) is 59.2 Å². The van der Waals surface area contributed by atoms with Gasteiger partial charge >= 0.3 is 6.01 Å². The first kappa shape index (κ1) is 35.4. The number of halogens is 1. The van der Waals surface area contributed by atoms with Gasteiger partial charge in [-0.1, -0.05) is 61.6 Å². The highest BCUT2D eigenvalue weighted by molar-refractivity contribution is 7.92. The van der Waals surface area contributed by atoms with Crippen LogP contribution in [0.4, 0.5) is 0 Å². The molecule has 3 aromatic heterocycles. The van der Waals surface area contributed by atoms with Crippen LogP contribution in [0.5, 0.6) is 6.01 Å². The van der Waals surface area contributed by atoms with Crippen molar-refractivity contribution in [1.82, 2.24) is 19.5 Å². The van der Waals surface area contributed by atoms with Crippen molar-refractivity contribution < 1.29 is 28.3 Å². The molecule has 4 aromatic rings. The molecule has 1 aliphatic rings. The first-order chi connectivity index (χ1) is 22.3. The van der Waals surface area contributed by atoms with E-state index in [9.17, 15) is 9.32 Å². The van der Waals surface area contributed by atoms with Crippen LogP contribution in [0, 0.1) is 0 Å². The summed E-state index contributed by atoms with van der Waals surface area (Å²) in [6.45, 7) is 8.61. The van der Waals surface area contributed by atoms with E-state index in [1.54, 1.807) is 31.9 Å². The molecular formula is C33H44ClN5O6SSi. The smallest absolute Gasteiger partial charge is 0.301 e. The van der Waals surface area contributed by atoms with Crippen molar-refractivity contribution in [3.63, 3.8) is 0 Å². The summed E-state index contributed by atoms with van der Waals surface area (Å²) >= 11 is 6.80. The zero-order valence-electron chi connectivity index (χ0n) is 27.8. The number of ether oxygens (including phenoxy) is 4. The fraction of sp³-hybridized carbons (Fsp3) is 0.485. The van der Waals surface area contributed by atoms with E-state index in [-0.39, 0.29) is 26.0 Å². The number of benzene rings is 1. The standard InChI is InChI=1S/C33H44ClN5O6SSi/c1-42-20-30(29-15-25(40)19-44-29)45-33-37-28-16-26(34)31(38-32(28)39(33)21-43-13-14-47(4,5)6)24-10-8-23(9-11-24)27-12-7-22(17-35-27)18-36-46(2,3)41/h7-12,16-17,25,29-30,40H,13-15,18-21H2,1-6H3/t25-,29-,30+/m0/s1. The lowest BCUT2D eigenvalue weighted by Crippen LogP contribution is -2.36. The lowest BCUT2D eigenvalue weighted by Gasteiger charge is -2.23. The molecule has 1 N–H and O–H groups in total. The van der Waals surface area contributed by atoms with Crippen LogP contribution in [-0.4, -0.2) is 94.7 Å². The number of rotatable bonds is 14. The number of pyridine rings is 2. The molecule has 3 atom stereocenters. The fourth-order valence-electron chi connectivity index (χ4n) is 5.08. The van der Waals surface area contributed by atoms with Crippen LogP contribution >= 0.6 is 11.6 Å². The summed E-state index contributed by atoms with van der Waals surface area (Å²) in [6, 6.07) is 14.9. The first-order valence-corrected chi connectivity index (χ1v) is 22.0. The minimum Gasteiger partial charge on any atom is -0.456 e. The maximum atomic E-state index is 11.9. The van der Waals surface area contributed by atoms with Gasteiger partial charge in [-0.2, -0.15) is 4.98 Å². The molecule has 0 bridgehead atoms. The molecule has 14 heteroatoms. The number of aliphatic hydroxyl groups excluding tert-OH is 1. The van der Waals surface area contributed by atoms with Crippen molar-refractivity contribution in [1.29, 1.82) is 0 Å². The van der Waals surface area contributed by atoms with E-state index in [1.807, 2.05) is 41.0 Å². The Hall–Kier alpha value is -2.91. The summed E-state index contributed by atoms with van der Waals surface area (Å²) in [5.74, 6) is 0. The second-order valence-corrected chi connectivity index (χ2v) is 22.0. The maximum Gasteiger partial charge on any atom is 0.301 e. The molecule has 0 amide bonds. The highest BCUT2D eigenvalue weighted by Gasteiger charge is 2.34. The van der Waals surface area contributed by atoms with Crippen LogP contribution in [0.2, 0.25) is 30.7 Å². The molecule has 1 aromatic carbocycles. The quantitative estimate of drug-likeness (QED) is 0.126. The Morgan fingerprint density at radius 1 is 1.15 bits per heavy atom. The van der Waals surface area contributed by atoms with Gasteiger partial charge < -0.3 is 24.1 Å². The second-order valence-electron chi connectivity index (χ2n) is 13.3. The van der Waals surface area contributed by atoms with Crippen LogP contribution in [-0.2, 0) is 37.2 Å². The largest absolute Gasteiger partial charge is 0.456 e. The topological polar surface area (TPSA) is 130 Å². The molecule has 47 heavy (non-hydrogen) atoms. The Morgan fingerprint density at radius 3 is 2.51 bits per heavy atom. The average Bonchev–Trinajstić information content (AvgIpc) is 3.59. The predicted molar refractivity (Wildman–Crippen MR) is 188 cm³/mol. The molecule has 11 nitrogen and oxygen atoms in total. The second kappa shape index (κ2) is 15.1. The fourth-order valence-corrected chi connectivity index (χ4v) is 6.55. The highest BCUT2D eigenvalue weighted by atomic mass is 35.5. The Kier molecular flexibility index (Phi) is 11.4. The van der Waals surface area contributed by atoms with Crippen LogP contribution < -0.4 is 4.74 Å². The van der Waals surface area contributed by atoms with Crippen LogP contribution in [0.1, 0.15) is 12.0 Å². The minimum absolute atomic E-state index is 0.194. The summed E-state index contributed by atoms with van der Waals surface area (Å²) in [7, 11) is -1.87. The average molecular weight is 702 g/mol. The van der Waals surface area contributed by atoms with Crippen LogP contribution in [0.3, 0.4) is 0 Å². The van der Waals surface area contributed by atoms with E-state index < -0.39 is 30.0 Å². The Bertz CT molecular complexity index is 1780. The summed E-state index contributed by atoms with van der Waals surface area (Å²) in [4.78, 5) is 14.3. The summed E-state index contributed by atoms with van der Waals surface area (Å²) < 4.78 is 41.7. The first-order valence-electron chi connectivity index (χ1n) is 15.6. The molecule has 1 fully saturated rings. The molecule has 5 rings (SSSR count). The molecular weight excluding hydrogens is 658 g/mol. The van der Waals surface area contributed by atoms with Gasteiger partial charge in [0.1, 0.15) is 12.2 Å². The summed E-state index contributed by atoms with van der Waals surface area (Å²) in [6.07, 6.45) is 4.07. The number of aliphatic hydroxyl groups is 1. The van der Waals surface area contributed by atoms with Crippen molar-refractivity contribution in [2.75, 3.05) is 39.4 Å². The van der Waals surface area contributed by atoms with Gasteiger partial charge in [0.15, 0.2) is 11.8 Å². The molecule has 0 unspecified atom stereocenters. The number of methoxy groups -OCH3 is 1. The van der Waals surface area contributed by atoms with Crippen molar-refractivity contribution in [2.24, 2.45) is 4.36 Å². The minimum atomic E-state index is -2.17. The van der Waals surface area contributed by atoms with Crippen molar-refractivity contribution in [2.45, 2.75) is 63.7 Å². The lowest BCUT2D eigenvalue weighted by atomic mass is 10.1. The van der Waals surface area contributed by atoms with E-state index in [1.165, 1.54) is 0 Å². The SMILES string of the molecule is COC[C@@H](Oc1nc2cc(Cl)c(-c3ccc(-c4ccc(CN=S(C)(C)=O)cn4)cc3)nc2n1COCC[Si](C)(C)C)[C@@H]1C[C@H](O)CO1. The molecule has 1 saturated heterocycles. The third-order valence-corrected chi connectivity index (χ3v) is 10.4. The monoisotopic (exact) mass is 701 g/mol. The zero-order chi connectivity index (χ0) is 33.8. The number of imidazole rings is 1. The molecule has 0 saturated carbocycles. The molecule has 1 aliphatic heterocycles. The highest BCUT2D eigenvalue weighted by Crippen LogP contribution is 2.33. The zero-order valence-corrected chi connectivity index (χ0v) is 30.4. The van der Waals surface area contributed by atoms with E-state index in [0.29, 0.717) is 47.5 Å². The lowest BCUT2D eigenvalue weighted by molar-refractivity contribution is -0.0335. The molecule has 4 heterocycles. The number of aromatic nitrogens is 4. The van der Waals surface area contributed by atoms with Gasteiger partial charge in [-0.3, -0.25) is 13.8 Å². The number of fused-ring (bicyclic) bond motifs is 1. The molecule has 254 valence electrons. The van der Waals surface area contributed by atoms with Gasteiger partial charge in [-0.25, -0.2) is 9.35 Å². The number of nitrogens with zero attached hydrogens (tertiary/aromatic N) is 5. The van der Waals surface area contributed by atoms with Gasteiger partial charge in [0.25, 0.3) is 0 Å². The molecule has 0 aliphatic carbocycles. The Balaban J connectivity index is 1.43. The van der Waals surface area contributed by atoms with Crippen molar-refractivity contribution in [3.8, 4) is 28.5 Å². The summed E-state index contributed by atoms with van der Waals surface area (Å²) in [5, 5.41) is 10.5. The Labute approximate surface area is 282 Å². The van der Waals surface area contributed by atoms with E-state index in [0.717, 1.165) is 28.4 Å². The van der Waals surface area contributed by atoms with E-state index in [4.69, 9.17) is 40.5 Å². The molecule has 0 spiro atoms. The number of hydrogen-bond acceptors (Lipinski definition) is 10. The molecule has 0 radical (unpaired) electrons. The van der Waals surface area contributed by atoms with Crippen LogP contribution in [0.15, 0.2) is 53.0 Å². The maximum absolute atomic E-state index is 11.9. The van der Waals surface area contributed by atoms with Crippen LogP contribution in [0.25, 0.3) is 33.7 Å². The van der Waals surface area contributed by atoms with E-state index in [2.05, 4.69) is 29.0 Å². The Morgan fingerprint density at radius 2 is 1.89 bits per heavy atom. The summed E-state index contributed by atoms with van der Waals surface area (Å²) in [5.41, 5.74) is 5.22. The third kappa shape index (κ3) is 9.59.